The van der Waals surface area contributed by atoms with E-state index in [-0.39, 0.29) is 22.4 Å². The van der Waals surface area contributed by atoms with Crippen molar-refractivity contribution in [2.75, 3.05) is 28.8 Å². The van der Waals surface area contributed by atoms with Gasteiger partial charge in [-0.05, 0) is 36.8 Å². The van der Waals surface area contributed by atoms with E-state index in [1.165, 1.54) is 87.8 Å². The van der Waals surface area contributed by atoms with Gasteiger partial charge in [-0.15, -0.1) is 0 Å². The molecule has 3 rings (SSSR count). The number of amides is 1. The summed E-state index contributed by atoms with van der Waals surface area (Å²) in [5, 5.41) is 10.3. The SMILES string of the molecule is CCCCCCCCCCCCCCN(C)c1ccc(Cl)c(NC2=NN(c3c(Cl)cc(Cl)cc3Cl)C(=O)C2)c1. The standard InChI is InChI=1S/C30H40Cl4N4O/c1-3-4-5-6-7-8-9-10-11-12-13-14-17-37(2)23-15-16-24(32)27(20-23)35-28-21-29(39)38(36-28)30-25(33)18-22(31)19-26(30)34/h15-16,18-20H,3-14,17,21H2,1-2H3,(H,35,36). The van der Waals surface area contributed by atoms with Gasteiger partial charge in [0.1, 0.15) is 11.5 Å². The lowest BCUT2D eigenvalue weighted by Gasteiger charge is -2.21. The summed E-state index contributed by atoms with van der Waals surface area (Å²) in [7, 11) is 2.09. The summed E-state index contributed by atoms with van der Waals surface area (Å²) in [6, 6.07) is 8.92. The zero-order valence-corrected chi connectivity index (χ0v) is 26.1. The maximum absolute atomic E-state index is 12.7. The Morgan fingerprint density at radius 3 is 1.97 bits per heavy atom. The van der Waals surface area contributed by atoms with Gasteiger partial charge in [0.15, 0.2) is 0 Å². The van der Waals surface area contributed by atoms with E-state index in [1.54, 1.807) is 0 Å². The molecule has 0 aromatic heterocycles. The molecule has 0 unspecified atom stereocenters. The highest BCUT2D eigenvalue weighted by Gasteiger charge is 2.29. The lowest BCUT2D eigenvalue weighted by Crippen LogP contribution is -2.20. The average Bonchev–Trinajstić information content (AvgIpc) is 3.24. The number of amidine groups is 1. The maximum Gasteiger partial charge on any atom is 0.255 e. The lowest BCUT2D eigenvalue weighted by molar-refractivity contribution is -0.116. The molecular formula is C30H40Cl4N4O. The number of anilines is 3. The van der Waals surface area contributed by atoms with E-state index in [0.29, 0.717) is 27.3 Å². The minimum absolute atomic E-state index is 0.0739. The number of hydrogen-bond donors (Lipinski definition) is 1. The topological polar surface area (TPSA) is 47.9 Å². The van der Waals surface area contributed by atoms with Crippen LogP contribution in [0.1, 0.15) is 90.4 Å². The molecule has 39 heavy (non-hydrogen) atoms. The van der Waals surface area contributed by atoms with E-state index in [9.17, 15) is 4.79 Å². The molecule has 0 fully saturated rings. The van der Waals surface area contributed by atoms with Crippen LogP contribution in [-0.4, -0.2) is 25.3 Å². The second-order valence-electron chi connectivity index (χ2n) is 10.2. The normalized spacial score (nSPS) is 13.2. The Morgan fingerprint density at radius 2 is 1.38 bits per heavy atom. The highest BCUT2D eigenvalue weighted by molar-refractivity contribution is 6.42. The van der Waals surface area contributed by atoms with Crippen LogP contribution in [-0.2, 0) is 4.79 Å². The van der Waals surface area contributed by atoms with Crippen molar-refractivity contribution in [3.05, 3.63) is 50.4 Å². The number of nitrogens with one attached hydrogen (secondary N) is 1. The molecule has 1 amide bonds. The van der Waals surface area contributed by atoms with Crippen molar-refractivity contribution in [2.24, 2.45) is 5.10 Å². The van der Waals surface area contributed by atoms with Crippen LogP contribution < -0.4 is 15.2 Å². The Morgan fingerprint density at radius 1 is 0.821 bits per heavy atom. The monoisotopic (exact) mass is 612 g/mol. The van der Waals surface area contributed by atoms with Crippen molar-refractivity contribution in [3.8, 4) is 0 Å². The van der Waals surface area contributed by atoms with Crippen LogP contribution in [0.2, 0.25) is 20.1 Å². The van der Waals surface area contributed by atoms with Crippen LogP contribution >= 0.6 is 46.4 Å². The number of benzene rings is 2. The van der Waals surface area contributed by atoms with E-state index in [0.717, 1.165) is 18.7 Å². The molecule has 214 valence electrons. The van der Waals surface area contributed by atoms with Crippen LogP contribution in [0, 0.1) is 0 Å². The van der Waals surface area contributed by atoms with Crippen molar-refractivity contribution in [1.82, 2.24) is 0 Å². The number of hydrogen-bond acceptors (Lipinski definition) is 4. The summed E-state index contributed by atoms with van der Waals surface area (Å²) in [6.07, 6.45) is 16.1. The molecule has 0 spiro atoms. The third-order valence-corrected chi connectivity index (χ3v) is 8.11. The van der Waals surface area contributed by atoms with Gasteiger partial charge < -0.3 is 10.2 Å². The molecule has 1 aliphatic rings. The minimum atomic E-state index is -0.250. The summed E-state index contributed by atoms with van der Waals surface area (Å²) in [5.74, 6) is 0.213. The number of halogens is 4. The molecule has 0 saturated heterocycles. The van der Waals surface area contributed by atoms with E-state index in [4.69, 9.17) is 46.4 Å². The second-order valence-corrected chi connectivity index (χ2v) is 11.9. The molecule has 0 aliphatic carbocycles. The van der Waals surface area contributed by atoms with Crippen LogP contribution in [0.3, 0.4) is 0 Å². The van der Waals surface area contributed by atoms with Gasteiger partial charge in [-0.25, -0.2) is 0 Å². The van der Waals surface area contributed by atoms with Gasteiger partial charge in [-0.1, -0.05) is 124 Å². The van der Waals surface area contributed by atoms with Crippen molar-refractivity contribution in [3.63, 3.8) is 0 Å². The number of carbonyl (C=O) groups is 1. The lowest BCUT2D eigenvalue weighted by atomic mass is 10.1. The molecule has 2 aromatic carbocycles. The number of carbonyl (C=O) groups excluding carboxylic acids is 1. The van der Waals surface area contributed by atoms with Gasteiger partial charge in [-0.2, -0.15) is 10.1 Å². The predicted octanol–water partition coefficient (Wildman–Crippen LogP) is 10.6. The fraction of sp³-hybridized carbons (Fsp3) is 0.533. The van der Waals surface area contributed by atoms with Crippen LogP contribution in [0.5, 0.6) is 0 Å². The first kappa shape index (κ1) is 31.9. The maximum atomic E-state index is 12.7. The average molecular weight is 614 g/mol. The molecule has 0 radical (unpaired) electrons. The smallest absolute Gasteiger partial charge is 0.255 e. The van der Waals surface area contributed by atoms with Crippen LogP contribution in [0.25, 0.3) is 0 Å². The molecule has 9 heteroatoms. The molecular weight excluding hydrogens is 574 g/mol. The Hall–Kier alpha value is -1.66. The van der Waals surface area contributed by atoms with Crippen LogP contribution in [0.4, 0.5) is 17.1 Å². The largest absolute Gasteiger partial charge is 0.375 e. The first-order chi connectivity index (χ1) is 18.8. The Kier molecular flexibility index (Phi) is 13.5. The molecule has 0 bridgehead atoms. The molecule has 2 aromatic rings. The number of hydrazone groups is 1. The van der Waals surface area contributed by atoms with Crippen molar-refractivity contribution in [1.29, 1.82) is 0 Å². The molecule has 5 nitrogen and oxygen atoms in total. The Labute approximate surface area is 253 Å². The van der Waals surface area contributed by atoms with Gasteiger partial charge in [0, 0.05) is 24.3 Å². The summed E-state index contributed by atoms with van der Waals surface area (Å²) in [5.41, 5.74) is 2.06. The first-order valence-electron chi connectivity index (χ1n) is 14.1. The van der Waals surface area contributed by atoms with Crippen LogP contribution in [0.15, 0.2) is 35.4 Å². The van der Waals surface area contributed by atoms with Gasteiger partial charge in [0.2, 0.25) is 0 Å². The number of rotatable bonds is 16. The third kappa shape index (κ3) is 10.0. The zero-order valence-electron chi connectivity index (χ0n) is 23.0. The summed E-state index contributed by atoms with van der Waals surface area (Å²) >= 11 is 25.1. The molecule has 0 saturated carbocycles. The summed E-state index contributed by atoms with van der Waals surface area (Å²) in [4.78, 5) is 14.9. The number of nitrogens with zero attached hydrogens (tertiary/aromatic N) is 3. The Bertz CT molecular complexity index is 1100. The predicted molar refractivity (Wildman–Crippen MR) is 170 cm³/mol. The molecule has 1 aliphatic heterocycles. The highest BCUT2D eigenvalue weighted by atomic mass is 35.5. The molecule has 0 atom stereocenters. The third-order valence-electron chi connectivity index (χ3n) is 6.99. The molecule has 1 heterocycles. The fourth-order valence-corrected chi connectivity index (χ4v) is 5.87. The summed E-state index contributed by atoms with van der Waals surface area (Å²) in [6.45, 7) is 3.24. The fourth-order valence-electron chi connectivity index (χ4n) is 4.73. The quantitative estimate of drug-likeness (QED) is 0.192. The van der Waals surface area contributed by atoms with E-state index < -0.39 is 0 Å². The van der Waals surface area contributed by atoms with Gasteiger partial charge in [-0.3, -0.25) is 4.79 Å². The zero-order chi connectivity index (χ0) is 28.2. The Balaban J connectivity index is 1.45. The van der Waals surface area contributed by atoms with Crippen molar-refractivity contribution in [2.45, 2.75) is 90.4 Å². The molecule has 1 N–H and O–H groups in total. The van der Waals surface area contributed by atoms with E-state index in [1.807, 2.05) is 18.2 Å². The van der Waals surface area contributed by atoms with Gasteiger partial charge >= 0.3 is 0 Å². The number of unbranched alkanes of at least 4 members (excludes halogenated alkanes) is 11. The minimum Gasteiger partial charge on any atom is -0.375 e. The van der Waals surface area contributed by atoms with E-state index >= 15 is 0 Å². The highest BCUT2D eigenvalue weighted by Crippen LogP contribution is 2.38. The van der Waals surface area contributed by atoms with Crippen molar-refractivity contribution < 1.29 is 4.79 Å². The first-order valence-corrected chi connectivity index (χ1v) is 15.6. The second kappa shape index (κ2) is 16.6. The van der Waals surface area contributed by atoms with Gasteiger partial charge in [0.05, 0.1) is 27.2 Å². The van der Waals surface area contributed by atoms with E-state index in [2.05, 4.69) is 29.3 Å². The van der Waals surface area contributed by atoms with Gasteiger partial charge in [0.25, 0.3) is 5.91 Å². The summed E-state index contributed by atoms with van der Waals surface area (Å²) < 4.78 is 0. The van der Waals surface area contributed by atoms with Crippen molar-refractivity contribution >= 4 is 75.2 Å².